The highest BCUT2D eigenvalue weighted by Crippen LogP contribution is 2.13. The summed E-state index contributed by atoms with van der Waals surface area (Å²) in [6.07, 6.45) is 0. The molecule has 0 aromatic heterocycles. The third kappa shape index (κ3) is 7.36. The zero-order valence-corrected chi connectivity index (χ0v) is 16.9. The molecule has 3 rings (SSSR count). The summed E-state index contributed by atoms with van der Waals surface area (Å²) >= 11 is 0. The maximum absolute atomic E-state index is 13.3. The Balaban J connectivity index is 1.42. The first-order chi connectivity index (χ1) is 14.2. The van der Waals surface area contributed by atoms with Crippen molar-refractivity contribution in [2.45, 2.75) is 13.1 Å². The van der Waals surface area contributed by atoms with E-state index in [-0.39, 0.29) is 5.82 Å². The summed E-state index contributed by atoms with van der Waals surface area (Å²) in [5, 5.41) is 6.47. The normalized spacial score (nSPS) is 15.2. The van der Waals surface area contributed by atoms with Crippen LogP contribution in [-0.4, -0.2) is 57.4 Å². The Kier molecular flexibility index (Phi) is 8.27. The van der Waals surface area contributed by atoms with E-state index in [1.807, 2.05) is 30.3 Å². The lowest BCUT2D eigenvalue weighted by atomic mass is 10.2. The van der Waals surface area contributed by atoms with Crippen molar-refractivity contribution in [3.63, 3.8) is 0 Å². The Bertz CT molecular complexity index is 794. The lowest BCUT2D eigenvalue weighted by molar-refractivity contribution is 0.0322. The lowest BCUT2D eigenvalue weighted by Crippen LogP contribution is -2.38. The Morgan fingerprint density at radius 2 is 1.76 bits per heavy atom. The highest BCUT2D eigenvalue weighted by molar-refractivity contribution is 5.79. The van der Waals surface area contributed by atoms with Crippen LogP contribution in [0.5, 0.6) is 5.75 Å². The second kappa shape index (κ2) is 11.4. The molecule has 0 atom stereocenters. The van der Waals surface area contributed by atoms with E-state index >= 15 is 0 Å². The van der Waals surface area contributed by atoms with Gasteiger partial charge >= 0.3 is 0 Å². The van der Waals surface area contributed by atoms with Crippen LogP contribution in [0.15, 0.2) is 53.5 Å². The Labute approximate surface area is 171 Å². The minimum absolute atomic E-state index is 0.238. The van der Waals surface area contributed by atoms with E-state index in [0.29, 0.717) is 25.7 Å². The molecule has 2 N–H and O–H groups in total. The molecule has 0 bridgehead atoms. The maximum Gasteiger partial charge on any atom is 0.191 e. The fourth-order valence-corrected chi connectivity index (χ4v) is 3.10. The van der Waals surface area contributed by atoms with E-state index in [0.717, 1.165) is 49.7 Å². The minimum Gasteiger partial charge on any atom is -0.492 e. The molecule has 2 aromatic rings. The second-order valence-corrected chi connectivity index (χ2v) is 6.86. The predicted octanol–water partition coefficient (Wildman–Crippen LogP) is 2.40. The van der Waals surface area contributed by atoms with E-state index in [4.69, 9.17) is 9.47 Å². The van der Waals surface area contributed by atoms with E-state index in [2.05, 4.69) is 20.5 Å². The SMILES string of the molecule is CN=C(NCc1cccc(F)c1)NCc1cccc(OCCN2CCOCC2)c1. The summed E-state index contributed by atoms with van der Waals surface area (Å²) < 4.78 is 24.6. The summed E-state index contributed by atoms with van der Waals surface area (Å²) in [7, 11) is 1.71. The van der Waals surface area contributed by atoms with Crippen molar-refractivity contribution < 1.29 is 13.9 Å². The lowest BCUT2D eigenvalue weighted by Gasteiger charge is -2.26. The number of ether oxygens (including phenoxy) is 2. The molecule has 1 aliphatic rings. The Hall–Kier alpha value is -2.64. The zero-order valence-electron chi connectivity index (χ0n) is 16.9. The smallest absolute Gasteiger partial charge is 0.191 e. The molecule has 1 heterocycles. The minimum atomic E-state index is -0.238. The maximum atomic E-state index is 13.3. The van der Waals surface area contributed by atoms with Crippen LogP contribution in [0.25, 0.3) is 0 Å². The largest absolute Gasteiger partial charge is 0.492 e. The Morgan fingerprint density at radius 3 is 2.45 bits per heavy atom. The molecule has 6 nitrogen and oxygen atoms in total. The van der Waals surface area contributed by atoms with Crippen LogP contribution in [0.4, 0.5) is 4.39 Å². The predicted molar refractivity (Wildman–Crippen MR) is 113 cm³/mol. The van der Waals surface area contributed by atoms with Crippen LogP contribution in [0.1, 0.15) is 11.1 Å². The molecule has 2 aromatic carbocycles. The van der Waals surface area contributed by atoms with Crippen LogP contribution < -0.4 is 15.4 Å². The molecule has 1 fully saturated rings. The number of morpholine rings is 1. The van der Waals surface area contributed by atoms with E-state index in [9.17, 15) is 4.39 Å². The van der Waals surface area contributed by atoms with Crippen molar-refractivity contribution >= 4 is 5.96 Å². The summed E-state index contributed by atoms with van der Waals surface area (Å²) in [6, 6.07) is 14.6. The van der Waals surface area contributed by atoms with Gasteiger partial charge in [0.2, 0.25) is 0 Å². The third-order valence-corrected chi connectivity index (χ3v) is 4.71. The number of nitrogens with zero attached hydrogens (tertiary/aromatic N) is 2. The number of hydrogen-bond donors (Lipinski definition) is 2. The number of rotatable bonds is 8. The number of halogens is 1. The Morgan fingerprint density at radius 1 is 1.07 bits per heavy atom. The van der Waals surface area contributed by atoms with Crippen molar-refractivity contribution in [2.75, 3.05) is 46.5 Å². The topological polar surface area (TPSA) is 58.1 Å². The van der Waals surface area contributed by atoms with Crippen LogP contribution in [0, 0.1) is 5.82 Å². The number of benzene rings is 2. The molecule has 0 aliphatic carbocycles. The number of hydrogen-bond acceptors (Lipinski definition) is 4. The van der Waals surface area contributed by atoms with Gasteiger partial charge in [-0.05, 0) is 35.4 Å². The van der Waals surface area contributed by atoms with Gasteiger partial charge < -0.3 is 20.1 Å². The van der Waals surface area contributed by atoms with Crippen molar-refractivity contribution in [3.05, 3.63) is 65.5 Å². The monoisotopic (exact) mass is 400 g/mol. The van der Waals surface area contributed by atoms with Gasteiger partial charge in [-0.1, -0.05) is 24.3 Å². The quantitative estimate of drug-likeness (QED) is 0.526. The molecule has 0 unspecified atom stereocenters. The highest BCUT2D eigenvalue weighted by Gasteiger charge is 2.09. The number of guanidine groups is 1. The van der Waals surface area contributed by atoms with Gasteiger partial charge in [0.25, 0.3) is 0 Å². The van der Waals surface area contributed by atoms with Gasteiger partial charge in [-0.2, -0.15) is 0 Å². The first kappa shape index (κ1) is 21.1. The molecule has 7 heteroatoms. The summed E-state index contributed by atoms with van der Waals surface area (Å²) in [4.78, 5) is 6.57. The molecule has 0 amide bonds. The summed E-state index contributed by atoms with van der Waals surface area (Å²) in [5.74, 6) is 1.28. The fourth-order valence-electron chi connectivity index (χ4n) is 3.10. The van der Waals surface area contributed by atoms with E-state index in [1.54, 1.807) is 13.1 Å². The molecule has 0 spiro atoms. The zero-order chi connectivity index (χ0) is 20.3. The van der Waals surface area contributed by atoms with Crippen molar-refractivity contribution in [1.82, 2.24) is 15.5 Å². The van der Waals surface area contributed by atoms with Crippen LogP contribution in [0.3, 0.4) is 0 Å². The van der Waals surface area contributed by atoms with Crippen LogP contribution in [-0.2, 0) is 17.8 Å². The van der Waals surface area contributed by atoms with Crippen molar-refractivity contribution in [1.29, 1.82) is 0 Å². The van der Waals surface area contributed by atoms with Gasteiger partial charge in [-0.15, -0.1) is 0 Å². The molecule has 29 heavy (non-hydrogen) atoms. The summed E-state index contributed by atoms with van der Waals surface area (Å²) in [6.45, 7) is 6.22. The first-order valence-corrected chi connectivity index (χ1v) is 9.94. The van der Waals surface area contributed by atoms with Gasteiger partial charge in [0.15, 0.2) is 5.96 Å². The van der Waals surface area contributed by atoms with E-state index in [1.165, 1.54) is 12.1 Å². The summed E-state index contributed by atoms with van der Waals surface area (Å²) in [5.41, 5.74) is 1.96. The molecule has 0 radical (unpaired) electrons. The van der Waals surface area contributed by atoms with Gasteiger partial charge in [-0.3, -0.25) is 9.89 Å². The molecule has 0 saturated carbocycles. The molecule has 156 valence electrons. The molecular formula is C22H29FN4O2. The van der Waals surface area contributed by atoms with Crippen molar-refractivity contribution in [2.24, 2.45) is 4.99 Å². The van der Waals surface area contributed by atoms with Gasteiger partial charge in [0.05, 0.1) is 13.2 Å². The van der Waals surface area contributed by atoms with Gasteiger partial charge in [0.1, 0.15) is 18.2 Å². The van der Waals surface area contributed by atoms with Gasteiger partial charge in [-0.25, -0.2) is 4.39 Å². The average Bonchev–Trinajstić information content (AvgIpc) is 2.75. The number of aliphatic imine (C=N–C) groups is 1. The molecule has 1 saturated heterocycles. The second-order valence-electron chi connectivity index (χ2n) is 6.86. The average molecular weight is 400 g/mol. The van der Waals surface area contributed by atoms with E-state index < -0.39 is 0 Å². The number of nitrogens with one attached hydrogen (secondary N) is 2. The highest BCUT2D eigenvalue weighted by atomic mass is 19.1. The fraction of sp³-hybridized carbons (Fsp3) is 0.409. The van der Waals surface area contributed by atoms with Gasteiger partial charge in [0, 0.05) is 39.8 Å². The van der Waals surface area contributed by atoms with Crippen LogP contribution >= 0.6 is 0 Å². The van der Waals surface area contributed by atoms with Crippen molar-refractivity contribution in [3.8, 4) is 5.75 Å². The third-order valence-electron chi connectivity index (χ3n) is 4.71. The van der Waals surface area contributed by atoms with Crippen LogP contribution in [0.2, 0.25) is 0 Å². The standard InChI is InChI=1S/C22H29FN4O2/c1-24-22(25-16-18-4-2-6-20(23)14-18)26-17-19-5-3-7-21(15-19)29-13-10-27-8-11-28-12-9-27/h2-7,14-15H,8-13,16-17H2,1H3,(H2,24,25,26). The molecule has 1 aliphatic heterocycles. The molecular weight excluding hydrogens is 371 g/mol. The first-order valence-electron chi connectivity index (χ1n) is 9.94.